The van der Waals surface area contributed by atoms with Crippen molar-refractivity contribution in [3.8, 4) is 0 Å². The van der Waals surface area contributed by atoms with Gasteiger partial charge in [-0.3, -0.25) is 14.7 Å². The maximum Gasteiger partial charge on any atom is 0.410 e. The van der Waals surface area contributed by atoms with Crippen molar-refractivity contribution in [2.24, 2.45) is 0 Å². The molecule has 3 rings (SSSR count). The van der Waals surface area contributed by atoms with Crippen LogP contribution in [0.3, 0.4) is 0 Å². The van der Waals surface area contributed by atoms with Crippen LogP contribution in [-0.4, -0.2) is 51.9 Å². The highest BCUT2D eigenvalue weighted by atomic mass is 16.6. The zero-order valence-electron chi connectivity index (χ0n) is 19.5. The highest BCUT2D eigenvalue weighted by molar-refractivity contribution is 5.74. The molecule has 1 saturated carbocycles. The van der Waals surface area contributed by atoms with E-state index in [0.717, 1.165) is 32.2 Å². The molecule has 1 aliphatic rings. The van der Waals surface area contributed by atoms with Crippen molar-refractivity contribution < 1.29 is 14.3 Å². The Kier molecular flexibility index (Phi) is 8.39. The summed E-state index contributed by atoms with van der Waals surface area (Å²) in [5.41, 5.74) is 2.02. The minimum Gasteiger partial charge on any atom is -0.444 e. The molecule has 1 aromatic heterocycles. The van der Waals surface area contributed by atoms with Crippen molar-refractivity contribution in [3.05, 3.63) is 65.5 Å². The smallest absolute Gasteiger partial charge is 0.410 e. The van der Waals surface area contributed by atoms with Crippen molar-refractivity contribution in [2.45, 2.75) is 71.2 Å². The quantitative estimate of drug-likeness (QED) is 0.362. The van der Waals surface area contributed by atoms with Gasteiger partial charge in [-0.2, -0.15) is 0 Å². The molecule has 0 atom stereocenters. The lowest BCUT2D eigenvalue weighted by Gasteiger charge is -2.28. The molecule has 1 aromatic carbocycles. The summed E-state index contributed by atoms with van der Waals surface area (Å²) >= 11 is 0. The molecule has 0 saturated heterocycles. The van der Waals surface area contributed by atoms with Crippen LogP contribution in [0.4, 0.5) is 4.79 Å². The van der Waals surface area contributed by atoms with Crippen LogP contribution in [-0.2, 0) is 17.8 Å². The summed E-state index contributed by atoms with van der Waals surface area (Å²) in [6.45, 7) is 8.51. The van der Waals surface area contributed by atoms with Gasteiger partial charge in [0.1, 0.15) is 11.9 Å². The molecular weight excluding hydrogens is 402 g/mol. The Hall–Kier alpha value is -2.73. The third-order valence-corrected chi connectivity index (χ3v) is 5.40. The van der Waals surface area contributed by atoms with Gasteiger partial charge in [0.05, 0.1) is 12.2 Å². The number of rotatable bonds is 11. The Morgan fingerprint density at radius 3 is 2.47 bits per heavy atom. The molecule has 1 aliphatic carbocycles. The highest BCUT2D eigenvalue weighted by Crippen LogP contribution is 2.28. The van der Waals surface area contributed by atoms with E-state index in [1.165, 1.54) is 18.4 Å². The Morgan fingerprint density at radius 2 is 1.81 bits per heavy atom. The third kappa shape index (κ3) is 8.08. The first-order valence-corrected chi connectivity index (χ1v) is 11.5. The van der Waals surface area contributed by atoms with E-state index in [1.54, 1.807) is 23.2 Å². The van der Waals surface area contributed by atoms with Crippen molar-refractivity contribution in [1.29, 1.82) is 0 Å². The summed E-state index contributed by atoms with van der Waals surface area (Å²) in [4.78, 5) is 32.5. The molecule has 1 fully saturated rings. The number of nitrogens with zero attached hydrogens (tertiary/aromatic N) is 3. The van der Waals surface area contributed by atoms with Crippen LogP contribution < -0.4 is 0 Å². The van der Waals surface area contributed by atoms with E-state index >= 15 is 0 Å². The van der Waals surface area contributed by atoms with Crippen molar-refractivity contribution in [2.75, 3.05) is 13.1 Å². The topological polar surface area (TPSA) is 62.7 Å². The molecule has 0 radical (unpaired) electrons. The van der Waals surface area contributed by atoms with Crippen LogP contribution >= 0.6 is 0 Å². The van der Waals surface area contributed by atoms with Crippen LogP contribution in [0.25, 0.3) is 0 Å². The van der Waals surface area contributed by atoms with Gasteiger partial charge in [0.25, 0.3) is 0 Å². The first-order chi connectivity index (χ1) is 15.3. The zero-order valence-corrected chi connectivity index (χ0v) is 19.5. The number of benzene rings is 1. The van der Waals surface area contributed by atoms with Crippen molar-refractivity contribution >= 4 is 12.4 Å². The predicted octanol–water partition coefficient (Wildman–Crippen LogP) is 5.08. The fraction of sp³-hybridized carbons (Fsp3) is 0.500. The first kappa shape index (κ1) is 23.9. The summed E-state index contributed by atoms with van der Waals surface area (Å²) in [7, 11) is 0. The summed E-state index contributed by atoms with van der Waals surface area (Å²) < 4.78 is 5.61. The number of pyridine rings is 1. The molecule has 0 bridgehead atoms. The van der Waals surface area contributed by atoms with Gasteiger partial charge in [-0.25, -0.2) is 4.79 Å². The number of hydrogen-bond acceptors (Lipinski definition) is 5. The Balaban J connectivity index is 1.56. The van der Waals surface area contributed by atoms with E-state index in [0.29, 0.717) is 30.4 Å². The van der Waals surface area contributed by atoms with E-state index in [1.807, 2.05) is 20.8 Å². The summed E-state index contributed by atoms with van der Waals surface area (Å²) in [5.74, 6) is 0. The van der Waals surface area contributed by atoms with Gasteiger partial charge in [0.2, 0.25) is 0 Å². The molecular formula is C26H35N3O3. The van der Waals surface area contributed by atoms with Gasteiger partial charge >= 0.3 is 6.09 Å². The Morgan fingerprint density at radius 1 is 1.09 bits per heavy atom. The second-order valence-corrected chi connectivity index (χ2v) is 9.49. The molecule has 0 aliphatic heterocycles. The van der Waals surface area contributed by atoms with Gasteiger partial charge in [-0.15, -0.1) is 0 Å². The lowest BCUT2D eigenvalue weighted by atomic mass is 10.2. The van der Waals surface area contributed by atoms with Gasteiger partial charge < -0.3 is 9.64 Å². The first-order valence-electron chi connectivity index (χ1n) is 11.5. The average molecular weight is 438 g/mol. The second kappa shape index (κ2) is 11.2. The standard InChI is InChI=1S/C26H35N3O3/c1-26(2,3)32-25(31)29(19-23-17-22(20-30)13-14-27-23)16-8-7-15-28(24-11-12-24)18-21-9-5-4-6-10-21/h4-6,9-10,13-14,17,20,24H,7-8,11-12,15-16,18-19H2,1-3H3. The minimum atomic E-state index is -0.564. The summed E-state index contributed by atoms with van der Waals surface area (Å²) in [6, 6.07) is 14.7. The molecule has 0 unspecified atom stereocenters. The largest absolute Gasteiger partial charge is 0.444 e. The molecule has 2 aromatic rings. The number of aromatic nitrogens is 1. The maximum atomic E-state index is 12.8. The predicted molar refractivity (Wildman–Crippen MR) is 125 cm³/mol. The van der Waals surface area contributed by atoms with Crippen molar-refractivity contribution in [3.63, 3.8) is 0 Å². The van der Waals surface area contributed by atoms with E-state index in [2.05, 4.69) is 40.2 Å². The summed E-state index contributed by atoms with van der Waals surface area (Å²) in [5, 5.41) is 0. The number of aldehydes is 1. The molecule has 0 N–H and O–H groups in total. The van der Waals surface area contributed by atoms with Crippen LogP contribution in [0.15, 0.2) is 48.7 Å². The monoisotopic (exact) mass is 437 g/mol. The molecule has 6 nitrogen and oxygen atoms in total. The second-order valence-electron chi connectivity index (χ2n) is 9.49. The van der Waals surface area contributed by atoms with Crippen LogP contribution in [0.5, 0.6) is 0 Å². The van der Waals surface area contributed by atoms with Gasteiger partial charge in [-0.1, -0.05) is 30.3 Å². The lowest BCUT2D eigenvalue weighted by molar-refractivity contribution is 0.0226. The van der Waals surface area contributed by atoms with E-state index in [-0.39, 0.29) is 6.09 Å². The SMILES string of the molecule is CC(C)(C)OC(=O)N(CCCCN(Cc1ccccc1)C1CC1)Cc1cc(C=O)ccn1. The van der Waals surface area contributed by atoms with E-state index in [9.17, 15) is 9.59 Å². The average Bonchev–Trinajstić information content (AvgIpc) is 3.60. The van der Waals surface area contributed by atoms with Gasteiger partial charge in [-0.05, 0) is 70.7 Å². The third-order valence-electron chi connectivity index (χ3n) is 5.40. The number of amides is 1. The Bertz CT molecular complexity index is 875. The summed E-state index contributed by atoms with van der Waals surface area (Å²) in [6.07, 6.45) is 6.48. The van der Waals surface area contributed by atoms with Crippen molar-refractivity contribution in [1.82, 2.24) is 14.8 Å². The zero-order chi connectivity index (χ0) is 23.0. The molecule has 1 amide bonds. The molecule has 32 heavy (non-hydrogen) atoms. The van der Waals surface area contributed by atoms with E-state index in [4.69, 9.17) is 4.74 Å². The Labute approximate surface area is 191 Å². The number of carbonyl (C=O) groups excluding carboxylic acids is 2. The molecule has 172 valence electrons. The van der Waals surface area contributed by atoms with Gasteiger partial charge in [0, 0.05) is 30.9 Å². The molecule has 0 spiro atoms. The van der Waals surface area contributed by atoms with Crippen LogP contribution in [0.2, 0.25) is 0 Å². The number of carbonyl (C=O) groups is 2. The fourth-order valence-electron chi connectivity index (χ4n) is 3.68. The van der Waals surface area contributed by atoms with Gasteiger partial charge in [0.15, 0.2) is 0 Å². The molecule has 6 heteroatoms. The number of unbranched alkanes of at least 4 members (excludes halogenated alkanes) is 1. The normalized spacial score (nSPS) is 13.8. The highest BCUT2D eigenvalue weighted by Gasteiger charge is 2.28. The fourth-order valence-corrected chi connectivity index (χ4v) is 3.68. The lowest BCUT2D eigenvalue weighted by Crippen LogP contribution is -2.37. The van der Waals surface area contributed by atoms with E-state index < -0.39 is 5.60 Å². The van der Waals surface area contributed by atoms with Crippen LogP contribution in [0.1, 0.15) is 68.1 Å². The molecule has 1 heterocycles. The number of hydrogen-bond donors (Lipinski definition) is 0. The number of ether oxygens (including phenoxy) is 1. The van der Waals surface area contributed by atoms with Crippen LogP contribution in [0, 0.1) is 0 Å². The maximum absolute atomic E-state index is 12.8. The minimum absolute atomic E-state index is 0.326.